The van der Waals surface area contributed by atoms with Gasteiger partial charge < -0.3 is 26.1 Å². The molecule has 29 heavy (non-hydrogen) atoms. The second kappa shape index (κ2) is 8.87. The van der Waals surface area contributed by atoms with Crippen LogP contribution in [0.15, 0.2) is 30.3 Å². The fourth-order valence-electron chi connectivity index (χ4n) is 3.69. The van der Waals surface area contributed by atoms with Crippen molar-refractivity contribution in [3.05, 3.63) is 36.0 Å². The van der Waals surface area contributed by atoms with Crippen molar-refractivity contribution in [3.63, 3.8) is 0 Å². The van der Waals surface area contributed by atoms with E-state index >= 15 is 0 Å². The van der Waals surface area contributed by atoms with E-state index in [1.165, 1.54) is 4.90 Å². The number of benzene rings is 1. The number of aromatic amines is 1. The van der Waals surface area contributed by atoms with Gasteiger partial charge in [0, 0.05) is 24.0 Å². The van der Waals surface area contributed by atoms with Gasteiger partial charge in [-0.15, -0.1) is 0 Å². The van der Waals surface area contributed by atoms with Gasteiger partial charge >= 0.3 is 0 Å². The summed E-state index contributed by atoms with van der Waals surface area (Å²) in [7, 11) is 0. The van der Waals surface area contributed by atoms with Crippen LogP contribution >= 0.6 is 0 Å². The largest absolute Gasteiger partial charge is 0.370 e. The van der Waals surface area contributed by atoms with Gasteiger partial charge in [0.2, 0.25) is 0 Å². The average Bonchev–Trinajstić information content (AvgIpc) is 3.36. The van der Waals surface area contributed by atoms with Crippen LogP contribution in [0.5, 0.6) is 0 Å². The predicted octanol–water partition coefficient (Wildman–Crippen LogP) is 0.801. The molecule has 1 aliphatic rings. The Bertz CT molecular complexity index is 891. The molecule has 9 heteroatoms. The average molecular weight is 398 g/mol. The first-order valence-electron chi connectivity index (χ1n) is 9.67. The van der Waals surface area contributed by atoms with Crippen LogP contribution < -0.4 is 11.5 Å². The number of para-hydroxylation sites is 1. The summed E-state index contributed by atoms with van der Waals surface area (Å²) < 4.78 is 0. The molecule has 2 atom stereocenters. The summed E-state index contributed by atoms with van der Waals surface area (Å²) in [5, 5.41) is 8.69. The van der Waals surface area contributed by atoms with Crippen LogP contribution in [0.2, 0.25) is 0 Å². The van der Waals surface area contributed by atoms with Gasteiger partial charge in [0.25, 0.3) is 11.8 Å². The third kappa shape index (κ3) is 4.45. The maximum atomic E-state index is 13.1. The molecule has 1 aromatic carbocycles. The molecule has 0 spiro atoms. The molecular weight excluding hydrogens is 372 g/mol. The van der Waals surface area contributed by atoms with E-state index in [0.29, 0.717) is 44.2 Å². The molecule has 1 fully saturated rings. The number of hydrogen-bond donors (Lipinski definition) is 4. The van der Waals surface area contributed by atoms with Crippen LogP contribution in [-0.4, -0.2) is 64.0 Å². The Morgan fingerprint density at radius 2 is 2.14 bits per heavy atom. The SMILES string of the molecule is N=C(N)N(CCC[C@H](N)C=O)C(=O)[C@@H]1CCCN1C(=O)c1cc2ccccc2[nH]1. The third-order valence-corrected chi connectivity index (χ3v) is 5.21. The standard InChI is InChI=1S/C20H26N6O3/c21-14(12-27)6-3-10-26(20(22)23)19(29)17-8-4-9-25(17)18(28)16-11-13-5-1-2-7-15(13)24-16/h1-2,5,7,11-12,14,17,24H,3-4,6,8-10,21H2,(H3,22,23)/t14-,17-/m0/s1. The van der Waals surface area contributed by atoms with E-state index in [9.17, 15) is 14.4 Å². The summed E-state index contributed by atoms with van der Waals surface area (Å²) in [6, 6.07) is 8.09. The number of amides is 2. The highest BCUT2D eigenvalue weighted by Crippen LogP contribution is 2.24. The van der Waals surface area contributed by atoms with Crippen molar-refractivity contribution >= 4 is 35.0 Å². The van der Waals surface area contributed by atoms with Crippen molar-refractivity contribution in [2.45, 2.75) is 37.8 Å². The third-order valence-electron chi connectivity index (χ3n) is 5.21. The van der Waals surface area contributed by atoms with E-state index in [1.54, 1.807) is 11.0 Å². The molecule has 9 nitrogen and oxygen atoms in total. The highest BCUT2D eigenvalue weighted by atomic mass is 16.2. The Morgan fingerprint density at radius 1 is 1.38 bits per heavy atom. The number of likely N-dealkylation sites (tertiary alicyclic amines) is 1. The van der Waals surface area contributed by atoms with Gasteiger partial charge in [-0.3, -0.25) is 19.9 Å². The summed E-state index contributed by atoms with van der Waals surface area (Å²) in [6.45, 7) is 0.646. The minimum atomic E-state index is -0.669. The molecule has 0 unspecified atom stereocenters. The van der Waals surface area contributed by atoms with Gasteiger partial charge in [0.15, 0.2) is 5.96 Å². The zero-order chi connectivity index (χ0) is 21.0. The molecule has 1 aliphatic heterocycles. The summed E-state index contributed by atoms with van der Waals surface area (Å²) in [6.07, 6.45) is 2.70. The van der Waals surface area contributed by atoms with Crippen LogP contribution in [0.25, 0.3) is 10.9 Å². The Labute approximate surface area is 168 Å². The van der Waals surface area contributed by atoms with E-state index in [2.05, 4.69) is 4.98 Å². The fraction of sp³-hybridized carbons (Fsp3) is 0.400. The number of nitrogens with two attached hydrogens (primary N) is 2. The fourth-order valence-corrected chi connectivity index (χ4v) is 3.69. The van der Waals surface area contributed by atoms with Crippen molar-refractivity contribution in [1.29, 1.82) is 5.41 Å². The van der Waals surface area contributed by atoms with Crippen molar-refractivity contribution in [3.8, 4) is 0 Å². The zero-order valence-corrected chi connectivity index (χ0v) is 16.1. The molecule has 2 heterocycles. The van der Waals surface area contributed by atoms with E-state index in [1.807, 2.05) is 24.3 Å². The normalized spacial score (nSPS) is 17.3. The van der Waals surface area contributed by atoms with Gasteiger partial charge in [-0.25, -0.2) is 0 Å². The Morgan fingerprint density at radius 3 is 2.83 bits per heavy atom. The smallest absolute Gasteiger partial charge is 0.270 e. The molecule has 0 radical (unpaired) electrons. The number of nitrogens with zero attached hydrogens (tertiary/aromatic N) is 2. The first-order chi connectivity index (χ1) is 13.9. The molecule has 1 saturated heterocycles. The monoisotopic (exact) mass is 398 g/mol. The Hall–Kier alpha value is -3.20. The maximum absolute atomic E-state index is 13.1. The number of carbonyl (C=O) groups is 3. The number of aldehydes is 1. The highest BCUT2D eigenvalue weighted by Gasteiger charge is 2.38. The molecular formula is C20H26N6O3. The lowest BCUT2D eigenvalue weighted by atomic mass is 10.1. The summed E-state index contributed by atoms with van der Waals surface area (Å²) >= 11 is 0. The summed E-state index contributed by atoms with van der Waals surface area (Å²) in [4.78, 5) is 42.6. The van der Waals surface area contributed by atoms with Crippen LogP contribution in [0.1, 0.15) is 36.2 Å². The van der Waals surface area contributed by atoms with Crippen molar-refractivity contribution in [2.24, 2.45) is 11.5 Å². The Kier molecular flexibility index (Phi) is 6.28. The number of fused-ring (bicyclic) bond motifs is 1. The van der Waals surface area contributed by atoms with Crippen LogP contribution in [0.3, 0.4) is 0 Å². The van der Waals surface area contributed by atoms with E-state index in [4.69, 9.17) is 16.9 Å². The number of nitrogens with one attached hydrogen (secondary N) is 2. The summed E-state index contributed by atoms with van der Waals surface area (Å²) in [5.41, 5.74) is 12.5. The predicted molar refractivity (Wildman–Crippen MR) is 109 cm³/mol. The lowest BCUT2D eigenvalue weighted by Crippen LogP contribution is -2.52. The zero-order valence-electron chi connectivity index (χ0n) is 16.1. The molecule has 6 N–H and O–H groups in total. The number of H-pyrrole nitrogens is 1. The molecule has 2 aromatic rings. The summed E-state index contributed by atoms with van der Waals surface area (Å²) in [5.74, 6) is -0.998. The second-order valence-corrected chi connectivity index (χ2v) is 7.24. The minimum Gasteiger partial charge on any atom is -0.370 e. The molecule has 3 rings (SSSR count). The van der Waals surface area contributed by atoms with E-state index < -0.39 is 12.1 Å². The quantitative estimate of drug-likeness (QED) is 0.309. The molecule has 2 amide bonds. The number of guanidine groups is 1. The van der Waals surface area contributed by atoms with Crippen LogP contribution in [0.4, 0.5) is 0 Å². The minimum absolute atomic E-state index is 0.181. The molecule has 0 saturated carbocycles. The van der Waals surface area contributed by atoms with E-state index in [-0.39, 0.29) is 24.3 Å². The lowest BCUT2D eigenvalue weighted by Gasteiger charge is -2.29. The van der Waals surface area contributed by atoms with Gasteiger partial charge in [-0.05, 0) is 37.8 Å². The highest BCUT2D eigenvalue weighted by molar-refractivity contribution is 6.03. The Balaban J connectivity index is 1.73. The van der Waals surface area contributed by atoms with Gasteiger partial charge in [0.1, 0.15) is 18.0 Å². The van der Waals surface area contributed by atoms with Gasteiger partial charge in [-0.2, -0.15) is 0 Å². The number of hydrogen-bond acceptors (Lipinski definition) is 5. The first-order valence-corrected chi connectivity index (χ1v) is 9.67. The van der Waals surface area contributed by atoms with Crippen molar-refractivity contribution < 1.29 is 14.4 Å². The molecule has 154 valence electrons. The maximum Gasteiger partial charge on any atom is 0.270 e. The van der Waals surface area contributed by atoms with Crippen molar-refractivity contribution in [1.82, 2.24) is 14.8 Å². The topological polar surface area (TPSA) is 149 Å². The van der Waals surface area contributed by atoms with Gasteiger partial charge in [-0.1, -0.05) is 18.2 Å². The van der Waals surface area contributed by atoms with Crippen LogP contribution in [0, 0.1) is 5.41 Å². The number of rotatable bonds is 7. The number of carbonyl (C=O) groups excluding carboxylic acids is 3. The van der Waals surface area contributed by atoms with Gasteiger partial charge in [0.05, 0.1) is 6.04 Å². The lowest BCUT2D eigenvalue weighted by molar-refractivity contribution is -0.131. The molecule has 0 aliphatic carbocycles. The molecule has 0 bridgehead atoms. The van der Waals surface area contributed by atoms with Crippen LogP contribution in [-0.2, 0) is 9.59 Å². The molecule has 1 aromatic heterocycles. The first kappa shape index (κ1) is 20.5. The number of aromatic nitrogens is 1. The van der Waals surface area contributed by atoms with E-state index in [0.717, 1.165) is 10.9 Å². The van der Waals surface area contributed by atoms with Crippen molar-refractivity contribution in [2.75, 3.05) is 13.1 Å². The second-order valence-electron chi connectivity index (χ2n) is 7.24.